The molecule has 0 aromatic heterocycles. The van der Waals surface area contributed by atoms with Crippen LogP contribution in [0.4, 0.5) is 0 Å². The highest BCUT2D eigenvalue weighted by atomic mass is 16.6. The van der Waals surface area contributed by atoms with E-state index in [2.05, 4.69) is 0 Å². The normalized spacial score (nSPS) is 39.2. The molecule has 0 saturated heterocycles. The lowest BCUT2D eigenvalue weighted by molar-refractivity contribution is -0.200. The second-order valence-electron chi connectivity index (χ2n) is 9.20. The van der Waals surface area contributed by atoms with E-state index in [0.29, 0.717) is 35.5 Å². The van der Waals surface area contributed by atoms with Gasteiger partial charge in [-0.1, -0.05) is 6.07 Å². The molecular formula is C22H26O5. The van der Waals surface area contributed by atoms with Crippen LogP contribution in [-0.2, 0) is 16.0 Å². The first-order valence-electron chi connectivity index (χ1n) is 10.1. The molecule has 1 N–H and O–H groups in total. The fraction of sp³-hybridized carbons (Fsp3) is 0.636. The predicted molar refractivity (Wildman–Crippen MR) is 97.6 cm³/mol. The van der Waals surface area contributed by atoms with Gasteiger partial charge in [-0.25, -0.2) is 4.79 Å². The van der Waals surface area contributed by atoms with Gasteiger partial charge in [0.15, 0.2) is 0 Å². The van der Waals surface area contributed by atoms with E-state index in [1.165, 1.54) is 26.4 Å². The van der Waals surface area contributed by atoms with Gasteiger partial charge >= 0.3 is 5.97 Å². The Balaban J connectivity index is 1.40. The van der Waals surface area contributed by atoms with Gasteiger partial charge in [0, 0.05) is 5.56 Å². The van der Waals surface area contributed by atoms with Gasteiger partial charge in [0.2, 0.25) is 11.4 Å². The van der Waals surface area contributed by atoms with Crippen LogP contribution in [0.15, 0.2) is 18.2 Å². The Hall–Kier alpha value is -1.88. The third-order valence-electron chi connectivity index (χ3n) is 7.32. The van der Waals surface area contributed by atoms with E-state index < -0.39 is 23.0 Å². The average Bonchev–Trinajstić information content (AvgIpc) is 2.63. The van der Waals surface area contributed by atoms with Crippen LogP contribution in [0.25, 0.3) is 0 Å². The zero-order valence-corrected chi connectivity index (χ0v) is 15.7. The van der Waals surface area contributed by atoms with Crippen molar-refractivity contribution in [2.24, 2.45) is 17.8 Å². The minimum absolute atomic E-state index is 0.0797. The van der Waals surface area contributed by atoms with E-state index in [-0.39, 0.29) is 6.42 Å². The number of esters is 1. The molecule has 5 aliphatic carbocycles. The molecule has 4 fully saturated rings. The van der Waals surface area contributed by atoms with Crippen molar-refractivity contribution in [1.29, 1.82) is 0 Å². The highest BCUT2D eigenvalue weighted by Crippen LogP contribution is 2.57. The highest BCUT2D eigenvalue weighted by molar-refractivity contribution is 6.16. The Morgan fingerprint density at radius 3 is 2.33 bits per heavy atom. The summed E-state index contributed by atoms with van der Waals surface area (Å²) in [6, 6.07) is 5.24. The first kappa shape index (κ1) is 17.2. The molecule has 0 spiro atoms. The average molecular weight is 370 g/mol. The molecule has 1 aromatic carbocycles. The van der Waals surface area contributed by atoms with Crippen molar-refractivity contribution in [2.75, 3.05) is 7.11 Å². The zero-order valence-electron chi connectivity index (χ0n) is 15.7. The molecule has 5 aliphatic rings. The summed E-state index contributed by atoms with van der Waals surface area (Å²) in [6.07, 6.45) is 6.94. The molecule has 4 bridgehead atoms. The van der Waals surface area contributed by atoms with E-state index in [1.54, 1.807) is 12.1 Å². The minimum Gasteiger partial charge on any atom is -0.497 e. The minimum atomic E-state index is -2.08. The number of ketones is 1. The number of methoxy groups -OCH3 is 1. The van der Waals surface area contributed by atoms with Crippen LogP contribution in [0.1, 0.15) is 60.9 Å². The maximum atomic E-state index is 13.1. The monoisotopic (exact) mass is 370 g/mol. The van der Waals surface area contributed by atoms with Gasteiger partial charge in [-0.3, -0.25) is 4.79 Å². The lowest BCUT2D eigenvalue weighted by Gasteiger charge is -2.56. The Labute approximate surface area is 159 Å². The number of carbonyl (C=O) groups excluding carboxylic acids is 2. The smallest absolute Gasteiger partial charge is 0.346 e. The number of hydrogen-bond acceptors (Lipinski definition) is 5. The highest BCUT2D eigenvalue weighted by Gasteiger charge is 2.56. The molecule has 6 rings (SSSR count). The van der Waals surface area contributed by atoms with Crippen molar-refractivity contribution in [3.8, 4) is 5.75 Å². The lowest BCUT2D eigenvalue weighted by atomic mass is 9.54. The maximum absolute atomic E-state index is 13.1. The van der Waals surface area contributed by atoms with Crippen LogP contribution in [0, 0.1) is 17.8 Å². The standard InChI is InChI=1S/C22H26O5/c1-26-17-3-2-16-4-5-22(25,19(23)18(16)9-17)20(24)27-21-10-13-6-14(11-21)8-15(7-13)12-21/h2-3,9,13-15,25H,4-8,10-12H2,1H3. The molecule has 1 atom stereocenters. The van der Waals surface area contributed by atoms with Crippen molar-refractivity contribution in [3.05, 3.63) is 29.3 Å². The van der Waals surface area contributed by atoms with Gasteiger partial charge in [0.1, 0.15) is 11.4 Å². The fourth-order valence-corrected chi connectivity index (χ4v) is 6.40. The summed E-state index contributed by atoms with van der Waals surface area (Å²) in [4.78, 5) is 26.1. The third kappa shape index (κ3) is 2.62. The molecule has 1 aromatic rings. The molecular weight excluding hydrogens is 344 g/mol. The topological polar surface area (TPSA) is 72.8 Å². The Morgan fingerprint density at radius 2 is 1.74 bits per heavy atom. The summed E-state index contributed by atoms with van der Waals surface area (Å²) >= 11 is 0. The lowest BCUT2D eigenvalue weighted by Crippen LogP contribution is -2.58. The summed E-state index contributed by atoms with van der Waals surface area (Å²) in [5.41, 5.74) is -1.34. The Morgan fingerprint density at radius 1 is 1.11 bits per heavy atom. The fourth-order valence-electron chi connectivity index (χ4n) is 6.40. The number of hydrogen-bond donors (Lipinski definition) is 1. The first-order valence-corrected chi connectivity index (χ1v) is 10.1. The van der Waals surface area contributed by atoms with E-state index in [0.717, 1.165) is 24.8 Å². The molecule has 144 valence electrons. The molecule has 5 nitrogen and oxygen atoms in total. The maximum Gasteiger partial charge on any atom is 0.346 e. The largest absolute Gasteiger partial charge is 0.497 e. The summed E-state index contributed by atoms with van der Waals surface area (Å²) in [5, 5.41) is 11.1. The number of aryl methyl sites for hydroxylation is 1. The van der Waals surface area contributed by atoms with Crippen LogP contribution in [-0.4, -0.2) is 35.2 Å². The van der Waals surface area contributed by atoms with Gasteiger partial charge in [-0.15, -0.1) is 0 Å². The van der Waals surface area contributed by atoms with Gasteiger partial charge < -0.3 is 14.6 Å². The number of aliphatic hydroxyl groups is 1. The van der Waals surface area contributed by atoms with Gasteiger partial charge in [0.25, 0.3) is 0 Å². The van der Waals surface area contributed by atoms with Gasteiger partial charge in [-0.05, 0) is 86.8 Å². The third-order valence-corrected chi connectivity index (χ3v) is 7.32. The SMILES string of the molecule is COc1ccc2c(c1)C(=O)C(O)(C(=O)OC13CC4CC(CC(C4)C1)C3)CC2. The summed E-state index contributed by atoms with van der Waals surface area (Å²) in [6.45, 7) is 0. The number of ether oxygens (including phenoxy) is 2. The Kier molecular flexibility index (Phi) is 3.71. The van der Waals surface area contributed by atoms with Crippen molar-refractivity contribution in [3.63, 3.8) is 0 Å². The Bertz CT molecular complexity index is 778. The quantitative estimate of drug-likeness (QED) is 0.654. The summed E-state index contributed by atoms with van der Waals surface area (Å²) < 4.78 is 11.2. The van der Waals surface area contributed by atoms with Gasteiger partial charge in [-0.2, -0.15) is 0 Å². The number of fused-ring (bicyclic) bond motifs is 1. The van der Waals surface area contributed by atoms with E-state index in [9.17, 15) is 14.7 Å². The summed E-state index contributed by atoms with van der Waals surface area (Å²) in [5.74, 6) is 1.13. The van der Waals surface area contributed by atoms with Crippen molar-refractivity contribution in [1.82, 2.24) is 0 Å². The molecule has 4 saturated carbocycles. The first-order chi connectivity index (χ1) is 12.9. The number of benzene rings is 1. The van der Waals surface area contributed by atoms with Crippen molar-refractivity contribution >= 4 is 11.8 Å². The summed E-state index contributed by atoms with van der Waals surface area (Å²) in [7, 11) is 1.53. The number of Topliss-reactive ketones (excluding diaryl/α,β-unsaturated/α-hetero) is 1. The molecule has 27 heavy (non-hydrogen) atoms. The van der Waals surface area contributed by atoms with Crippen LogP contribution >= 0.6 is 0 Å². The van der Waals surface area contributed by atoms with Crippen molar-refractivity contribution < 1.29 is 24.2 Å². The number of carbonyl (C=O) groups is 2. The number of rotatable bonds is 3. The van der Waals surface area contributed by atoms with Gasteiger partial charge in [0.05, 0.1) is 7.11 Å². The van der Waals surface area contributed by atoms with Crippen LogP contribution < -0.4 is 4.74 Å². The predicted octanol–water partition coefficient (Wildman–Crippen LogP) is 3.07. The van der Waals surface area contributed by atoms with Crippen molar-refractivity contribution in [2.45, 2.75) is 62.6 Å². The van der Waals surface area contributed by atoms with Crippen LogP contribution in [0.2, 0.25) is 0 Å². The molecule has 0 amide bonds. The molecule has 1 unspecified atom stereocenters. The molecule has 0 aliphatic heterocycles. The zero-order chi connectivity index (χ0) is 18.8. The second-order valence-corrected chi connectivity index (χ2v) is 9.20. The second kappa shape index (κ2) is 5.81. The molecule has 5 heteroatoms. The van der Waals surface area contributed by atoms with Crippen LogP contribution in [0.5, 0.6) is 5.75 Å². The van der Waals surface area contributed by atoms with Crippen LogP contribution in [0.3, 0.4) is 0 Å². The molecule has 0 heterocycles. The van der Waals surface area contributed by atoms with E-state index in [4.69, 9.17) is 9.47 Å². The van der Waals surface area contributed by atoms with E-state index in [1.807, 2.05) is 6.07 Å². The van der Waals surface area contributed by atoms with E-state index >= 15 is 0 Å². The molecule has 0 radical (unpaired) electrons.